The fourth-order valence-corrected chi connectivity index (χ4v) is 1.38. The lowest BCUT2D eigenvalue weighted by Gasteiger charge is -1.97. The summed E-state index contributed by atoms with van der Waals surface area (Å²) in [6, 6.07) is 6.17. The van der Waals surface area contributed by atoms with Crippen LogP contribution in [0.2, 0.25) is 5.15 Å². The zero-order valence-corrected chi connectivity index (χ0v) is 7.73. The molecule has 1 heterocycles. The average Bonchev–Trinajstić information content (AvgIpc) is 2.16. The maximum absolute atomic E-state index is 10.5. The Morgan fingerprint density at radius 2 is 2.07 bits per heavy atom. The highest BCUT2D eigenvalue weighted by Crippen LogP contribution is 2.21. The van der Waals surface area contributed by atoms with Crippen LogP contribution in [0.15, 0.2) is 30.5 Å². The van der Waals surface area contributed by atoms with Crippen LogP contribution >= 0.6 is 11.6 Å². The molecule has 0 aliphatic heterocycles. The maximum Gasteiger partial charge on any atom is 0.270 e. The van der Waals surface area contributed by atoms with E-state index in [1.807, 2.05) is 0 Å². The Labute approximate surface area is 84.3 Å². The molecule has 5 heteroatoms. The third kappa shape index (κ3) is 1.52. The highest BCUT2D eigenvalue weighted by molar-refractivity contribution is 6.30. The molecule has 0 saturated carbocycles. The van der Waals surface area contributed by atoms with Gasteiger partial charge >= 0.3 is 0 Å². The van der Waals surface area contributed by atoms with E-state index in [1.165, 1.54) is 12.1 Å². The standard InChI is InChI=1S/C9H5ClN2O2/c10-9-4-7-3-8(12(13)14)2-1-6(7)5-11-9/h1-5H. The summed E-state index contributed by atoms with van der Waals surface area (Å²) >= 11 is 5.67. The van der Waals surface area contributed by atoms with Crippen molar-refractivity contribution in [3.05, 3.63) is 45.7 Å². The van der Waals surface area contributed by atoms with Gasteiger partial charge in [-0.1, -0.05) is 11.6 Å². The molecule has 0 N–H and O–H groups in total. The van der Waals surface area contributed by atoms with Crippen LogP contribution in [0.5, 0.6) is 0 Å². The van der Waals surface area contributed by atoms with Crippen molar-refractivity contribution in [3.8, 4) is 0 Å². The Hall–Kier alpha value is -1.68. The van der Waals surface area contributed by atoms with E-state index in [-0.39, 0.29) is 5.69 Å². The molecule has 0 saturated heterocycles. The van der Waals surface area contributed by atoms with Gasteiger partial charge in [0.25, 0.3) is 5.69 Å². The van der Waals surface area contributed by atoms with Crippen molar-refractivity contribution in [2.75, 3.05) is 0 Å². The summed E-state index contributed by atoms with van der Waals surface area (Å²) in [7, 11) is 0. The van der Waals surface area contributed by atoms with Crippen molar-refractivity contribution in [1.29, 1.82) is 0 Å². The number of non-ortho nitro benzene ring substituents is 1. The van der Waals surface area contributed by atoms with E-state index in [9.17, 15) is 10.1 Å². The SMILES string of the molecule is O=[N+]([O-])c1ccc2cnc(Cl)cc2c1. The van der Waals surface area contributed by atoms with Crippen LogP contribution in [-0.2, 0) is 0 Å². The van der Waals surface area contributed by atoms with Gasteiger partial charge in [0.05, 0.1) is 4.92 Å². The number of nitrogens with zero attached hydrogens (tertiary/aromatic N) is 2. The van der Waals surface area contributed by atoms with Crippen molar-refractivity contribution < 1.29 is 4.92 Å². The van der Waals surface area contributed by atoms with Crippen LogP contribution in [0.4, 0.5) is 5.69 Å². The number of rotatable bonds is 1. The molecule has 70 valence electrons. The van der Waals surface area contributed by atoms with Crippen LogP contribution in [0.25, 0.3) is 10.8 Å². The first-order chi connectivity index (χ1) is 6.66. The predicted octanol–water partition coefficient (Wildman–Crippen LogP) is 2.80. The number of halogens is 1. The van der Waals surface area contributed by atoms with Gasteiger partial charge in [0.2, 0.25) is 0 Å². The number of nitro groups is 1. The second-order valence-electron chi connectivity index (χ2n) is 2.80. The number of aromatic nitrogens is 1. The molecule has 14 heavy (non-hydrogen) atoms. The van der Waals surface area contributed by atoms with E-state index < -0.39 is 4.92 Å². The summed E-state index contributed by atoms with van der Waals surface area (Å²) in [4.78, 5) is 13.9. The van der Waals surface area contributed by atoms with Crippen LogP contribution in [-0.4, -0.2) is 9.91 Å². The molecule has 0 radical (unpaired) electrons. The molecule has 0 fully saturated rings. The highest BCUT2D eigenvalue weighted by atomic mass is 35.5. The molecule has 4 nitrogen and oxygen atoms in total. The minimum Gasteiger partial charge on any atom is -0.258 e. The quantitative estimate of drug-likeness (QED) is 0.411. The number of fused-ring (bicyclic) bond motifs is 1. The summed E-state index contributed by atoms with van der Waals surface area (Å²) < 4.78 is 0. The number of pyridine rings is 1. The predicted molar refractivity (Wildman–Crippen MR) is 53.4 cm³/mol. The largest absolute Gasteiger partial charge is 0.270 e. The zero-order valence-electron chi connectivity index (χ0n) is 6.98. The van der Waals surface area contributed by atoms with E-state index in [0.29, 0.717) is 5.15 Å². The molecule has 2 aromatic rings. The second kappa shape index (κ2) is 3.23. The zero-order chi connectivity index (χ0) is 10.1. The fraction of sp³-hybridized carbons (Fsp3) is 0. The first kappa shape index (κ1) is 8.90. The topological polar surface area (TPSA) is 56.0 Å². The third-order valence-corrected chi connectivity index (χ3v) is 2.09. The number of hydrogen-bond donors (Lipinski definition) is 0. The van der Waals surface area contributed by atoms with Crippen LogP contribution < -0.4 is 0 Å². The Kier molecular flexibility index (Phi) is 2.05. The number of hydrogen-bond acceptors (Lipinski definition) is 3. The van der Waals surface area contributed by atoms with Gasteiger partial charge < -0.3 is 0 Å². The van der Waals surface area contributed by atoms with E-state index in [1.54, 1.807) is 18.3 Å². The maximum atomic E-state index is 10.5. The van der Waals surface area contributed by atoms with E-state index >= 15 is 0 Å². The van der Waals surface area contributed by atoms with Crippen molar-refractivity contribution in [2.24, 2.45) is 0 Å². The fourth-order valence-electron chi connectivity index (χ4n) is 1.22. The van der Waals surface area contributed by atoms with Gasteiger partial charge in [0.1, 0.15) is 5.15 Å². The molecule has 0 bridgehead atoms. The molecule has 2 rings (SSSR count). The molecule has 0 atom stereocenters. The molecular formula is C9H5ClN2O2. The lowest BCUT2D eigenvalue weighted by atomic mass is 10.1. The minimum atomic E-state index is -0.437. The summed E-state index contributed by atoms with van der Waals surface area (Å²) in [5.41, 5.74) is 0.0553. The smallest absolute Gasteiger partial charge is 0.258 e. The van der Waals surface area contributed by atoms with Gasteiger partial charge in [-0.25, -0.2) is 4.98 Å². The van der Waals surface area contributed by atoms with Gasteiger partial charge in [-0.05, 0) is 17.5 Å². The Balaban J connectivity index is 2.69. The number of benzene rings is 1. The summed E-state index contributed by atoms with van der Waals surface area (Å²) in [6.45, 7) is 0. The average molecular weight is 209 g/mol. The molecule has 1 aromatic carbocycles. The lowest BCUT2D eigenvalue weighted by Crippen LogP contribution is -1.87. The van der Waals surface area contributed by atoms with Crippen molar-refractivity contribution in [2.45, 2.75) is 0 Å². The van der Waals surface area contributed by atoms with Crippen molar-refractivity contribution >= 4 is 28.1 Å². The Morgan fingerprint density at radius 1 is 1.29 bits per heavy atom. The van der Waals surface area contributed by atoms with E-state index in [4.69, 9.17) is 11.6 Å². The minimum absolute atomic E-state index is 0.0553. The lowest BCUT2D eigenvalue weighted by molar-refractivity contribution is -0.384. The molecule has 0 unspecified atom stereocenters. The first-order valence-corrected chi connectivity index (χ1v) is 4.24. The monoisotopic (exact) mass is 208 g/mol. The van der Waals surface area contributed by atoms with Crippen molar-refractivity contribution in [1.82, 2.24) is 4.98 Å². The third-order valence-electron chi connectivity index (χ3n) is 1.88. The molecule has 1 aromatic heterocycles. The summed E-state index contributed by atoms with van der Waals surface area (Å²) in [6.07, 6.45) is 1.58. The second-order valence-corrected chi connectivity index (χ2v) is 3.18. The van der Waals surface area contributed by atoms with Crippen LogP contribution in [0, 0.1) is 10.1 Å². The van der Waals surface area contributed by atoms with Gasteiger partial charge in [-0.3, -0.25) is 10.1 Å². The normalized spacial score (nSPS) is 10.4. The van der Waals surface area contributed by atoms with E-state index in [0.717, 1.165) is 10.8 Å². The van der Waals surface area contributed by atoms with Crippen LogP contribution in [0.1, 0.15) is 0 Å². The Bertz CT molecular complexity index is 513. The summed E-state index contributed by atoms with van der Waals surface area (Å²) in [5, 5.41) is 12.4. The molecular weight excluding hydrogens is 204 g/mol. The Morgan fingerprint density at radius 3 is 2.79 bits per heavy atom. The molecule has 0 aliphatic carbocycles. The number of nitro benzene ring substituents is 1. The summed E-state index contributed by atoms with van der Waals surface area (Å²) in [5.74, 6) is 0. The van der Waals surface area contributed by atoms with Gasteiger partial charge in [-0.15, -0.1) is 0 Å². The molecule has 0 aliphatic rings. The molecule has 0 amide bonds. The molecule has 0 spiro atoms. The first-order valence-electron chi connectivity index (χ1n) is 3.86. The van der Waals surface area contributed by atoms with Crippen molar-refractivity contribution in [3.63, 3.8) is 0 Å². The van der Waals surface area contributed by atoms with Gasteiger partial charge in [0, 0.05) is 23.7 Å². The highest BCUT2D eigenvalue weighted by Gasteiger charge is 2.05. The van der Waals surface area contributed by atoms with Gasteiger partial charge in [-0.2, -0.15) is 0 Å². The van der Waals surface area contributed by atoms with Crippen LogP contribution in [0.3, 0.4) is 0 Å². The van der Waals surface area contributed by atoms with E-state index in [2.05, 4.69) is 4.98 Å². The van der Waals surface area contributed by atoms with Gasteiger partial charge in [0.15, 0.2) is 0 Å².